The van der Waals surface area contributed by atoms with Crippen molar-refractivity contribution in [1.29, 1.82) is 0 Å². The van der Waals surface area contributed by atoms with Gasteiger partial charge < -0.3 is 15.4 Å². The first kappa shape index (κ1) is 15.8. The van der Waals surface area contributed by atoms with Crippen LogP contribution in [0.5, 0.6) is 5.75 Å². The van der Waals surface area contributed by atoms with Gasteiger partial charge >= 0.3 is 0 Å². The van der Waals surface area contributed by atoms with E-state index in [2.05, 4.69) is 44.7 Å². The average Bonchev–Trinajstić information content (AvgIpc) is 2.36. The lowest BCUT2D eigenvalue weighted by atomic mass is 10.1. The van der Waals surface area contributed by atoms with Crippen LogP contribution in [0.25, 0.3) is 0 Å². The SMILES string of the molecule is COc1ccc(CN)c(N(CC(C)C)CC(C)C)c1. The largest absolute Gasteiger partial charge is 0.497 e. The summed E-state index contributed by atoms with van der Waals surface area (Å²) in [5.41, 5.74) is 8.27. The summed E-state index contributed by atoms with van der Waals surface area (Å²) in [5.74, 6) is 2.14. The van der Waals surface area contributed by atoms with Gasteiger partial charge in [0.2, 0.25) is 0 Å². The Kier molecular flexibility index (Phi) is 6.16. The molecule has 0 fully saturated rings. The van der Waals surface area contributed by atoms with E-state index in [1.165, 1.54) is 11.3 Å². The fourth-order valence-corrected chi connectivity index (χ4v) is 2.29. The summed E-state index contributed by atoms with van der Waals surface area (Å²) >= 11 is 0. The third-order valence-corrected chi connectivity index (χ3v) is 3.02. The number of hydrogen-bond donors (Lipinski definition) is 1. The Labute approximate surface area is 117 Å². The second-order valence-electron chi connectivity index (χ2n) is 5.89. The van der Waals surface area contributed by atoms with Gasteiger partial charge in [-0.25, -0.2) is 0 Å². The zero-order valence-corrected chi connectivity index (χ0v) is 12.9. The van der Waals surface area contributed by atoms with Crippen LogP contribution in [0.3, 0.4) is 0 Å². The van der Waals surface area contributed by atoms with Gasteiger partial charge in [-0.1, -0.05) is 33.8 Å². The molecule has 0 aliphatic rings. The van der Waals surface area contributed by atoms with E-state index < -0.39 is 0 Å². The fourth-order valence-electron chi connectivity index (χ4n) is 2.29. The number of nitrogens with zero attached hydrogens (tertiary/aromatic N) is 1. The summed E-state index contributed by atoms with van der Waals surface area (Å²) in [6.45, 7) is 11.6. The summed E-state index contributed by atoms with van der Waals surface area (Å²) in [4.78, 5) is 2.43. The van der Waals surface area contributed by atoms with Crippen molar-refractivity contribution < 1.29 is 4.74 Å². The maximum Gasteiger partial charge on any atom is 0.120 e. The first-order chi connectivity index (χ1) is 8.97. The first-order valence-electron chi connectivity index (χ1n) is 7.09. The minimum atomic E-state index is 0.562. The molecular weight excluding hydrogens is 236 g/mol. The number of hydrogen-bond acceptors (Lipinski definition) is 3. The molecule has 2 N–H and O–H groups in total. The number of rotatable bonds is 7. The summed E-state index contributed by atoms with van der Waals surface area (Å²) in [5, 5.41) is 0. The molecule has 0 aliphatic carbocycles. The molecule has 108 valence electrons. The molecule has 0 unspecified atom stereocenters. The second-order valence-corrected chi connectivity index (χ2v) is 5.89. The van der Waals surface area contributed by atoms with Crippen molar-refractivity contribution in [2.24, 2.45) is 17.6 Å². The number of nitrogens with two attached hydrogens (primary N) is 1. The Balaban J connectivity index is 3.10. The first-order valence-corrected chi connectivity index (χ1v) is 7.09. The molecule has 0 radical (unpaired) electrons. The summed E-state index contributed by atoms with van der Waals surface area (Å²) in [6, 6.07) is 6.16. The zero-order valence-electron chi connectivity index (χ0n) is 12.9. The molecular formula is C16H28N2O. The average molecular weight is 264 g/mol. The molecule has 3 nitrogen and oxygen atoms in total. The standard InChI is InChI=1S/C16H28N2O/c1-12(2)10-18(11-13(3)4)16-8-15(19-5)7-6-14(16)9-17/h6-8,12-13H,9-11,17H2,1-5H3. The molecule has 19 heavy (non-hydrogen) atoms. The van der Waals surface area contributed by atoms with Crippen LogP contribution in [0, 0.1) is 11.8 Å². The van der Waals surface area contributed by atoms with E-state index in [9.17, 15) is 0 Å². The number of methoxy groups -OCH3 is 1. The van der Waals surface area contributed by atoms with Gasteiger partial charge in [-0.2, -0.15) is 0 Å². The van der Waals surface area contributed by atoms with Crippen LogP contribution in [-0.4, -0.2) is 20.2 Å². The fraction of sp³-hybridized carbons (Fsp3) is 0.625. The number of anilines is 1. The minimum Gasteiger partial charge on any atom is -0.497 e. The van der Waals surface area contributed by atoms with Crippen LogP contribution in [0.1, 0.15) is 33.3 Å². The topological polar surface area (TPSA) is 38.5 Å². The highest BCUT2D eigenvalue weighted by molar-refractivity contribution is 5.57. The van der Waals surface area contributed by atoms with Gasteiger partial charge in [-0.3, -0.25) is 0 Å². The van der Waals surface area contributed by atoms with Gasteiger partial charge in [-0.05, 0) is 23.5 Å². The maximum atomic E-state index is 5.87. The molecule has 1 rings (SSSR count). The third-order valence-electron chi connectivity index (χ3n) is 3.02. The lowest BCUT2D eigenvalue weighted by molar-refractivity contribution is 0.414. The summed E-state index contributed by atoms with van der Waals surface area (Å²) < 4.78 is 5.35. The monoisotopic (exact) mass is 264 g/mol. The molecule has 3 heteroatoms. The van der Waals surface area contributed by atoms with Crippen molar-refractivity contribution in [3.8, 4) is 5.75 Å². The number of benzene rings is 1. The normalized spacial score (nSPS) is 11.2. The van der Waals surface area contributed by atoms with Crippen molar-refractivity contribution in [2.75, 3.05) is 25.1 Å². The van der Waals surface area contributed by atoms with Gasteiger partial charge in [0.1, 0.15) is 5.75 Å². The van der Waals surface area contributed by atoms with Gasteiger partial charge in [-0.15, -0.1) is 0 Å². The molecule has 0 saturated carbocycles. The van der Waals surface area contributed by atoms with E-state index in [1.54, 1.807) is 7.11 Å². The third kappa shape index (κ3) is 4.75. The highest BCUT2D eigenvalue weighted by atomic mass is 16.5. The van der Waals surface area contributed by atoms with Crippen molar-refractivity contribution >= 4 is 5.69 Å². The predicted octanol–water partition coefficient (Wildman–Crippen LogP) is 3.27. The van der Waals surface area contributed by atoms with E-state index >= 15 is 0 Å². The molecule has 0 atom stereocenters. The zero-order chi connectivity index (χ0) is 14.4. The Bertz CT molecular complexity index is 378. The molecule has 0 spiro atoms. The van der Waals surface area contributed by atoms with Crippen LogP contribution in [0.4, 0.5) is 5.69 Å². The highest BCUT2D eigenvalue weighted by Crippen LogP contribution is 2.27. The van der Waals surface area contributed by atoms with Gasteiger partial charge in [0, 0.05) is 31.4 Å². The Morgan fingerprint density at radius 1 is 1.11 bits per heavy atom. The quantitative estimate of drug-likeness (QED) is 0.821. The Hall–Kier alpha value is -1.22. The van der Waals surface area contributed by atoms with E-state index in [0.29, 0.717) is 18.4 Å². The van der Waals surface area contributed by atoms with Crippen LogP contribution in [-0.2, 0) is 6.54 Å². The lowest BCUT2D eigenvalue weighted by Crippen LogP contribution is -2.32. The molecule has 1 aromatic carbocycles. The molecule has 0 aromatic heterocycles. The molecule has 1 aromatic rings. The minimum absolute atomic E-state index is 0.562. The Morgan fingerprint density at radius 3 is 2.11 bits per heavy atom. The van der Waals surface area contributed by atoms with Gasteiger partial charge in [0.05, 0.1) is 7.11 Å². The smallest absolute Gasteiger partial charge is 0.120 e. The molecule has 0 amide bonds. The van der Waals surface area contributed by atoms with E-state index in [1.807, 2.05) is 6.07 Å². The second kappa shape index (κ2) is 7.39. The number of ether oxygens (including phenoxy) is 1. The van der Waals surface area contributed by atoms with Crippen LogP contribution in [0.15, 0.2) is 18.2 Å². The lowest BCUT2D eigenvalue weighted by Gasteiger charge is -2.30. The predicted molar refractivity (Wildman–Crippen MR) is 82.8 cm³/mol. The van der Waals surface area contributed by atoms with Gasteiger partial charge in [0.15, 0.2) is 0 Å². The van der Waals surface area contributed by atoms with Crippen molar-refractivity contribution in [1.82, 2.24) is 0 Å². The molecule has 0 aliphatic heterocycles. The van der Waals surface area contributed by atoms with Crippen LogP contribution < -0.4 is 15.4 Å². The van der Waals surface area contributed by atoms with Crippen molar-refractivity contribution in [2.45, 2.75) is 34.2 Å². The summed E-state index contributed by atoms with van der Waals surface area (Å²) in [7, 11) is 1.70. The van der Waals surface area contributed by atoms with Crippen LogP contribution >= 0.6 is 0 Å². The molecule has 0 heterocycles. The van der Waals surface area contributed by atoms with Gasteiger partial charge in [0.25, 0.3) is 0 Å². The summed E-state index contributed by atoms with van der Waals surface area (Å²) in [6.07, 6.45) is 0. The highest BCUT2D eigenvalue weighted by Gasteiger charge is 2.14. The Morgan fingerprint density at radius 2 is 1.68 bits per heavy atom. The molecule has 0 saturated heterocycles. The molecule has 0 bridgehead atoms. The van der Waals surface area contributed by atoms with Crippen LogP contribution in [0.2, 0.25) is 0 Å². The van der Waals surface area contributed by atoms with E-state index in [0.717, 1.165) is 18.8 Å². The van der Waals surface area contributed by atoms with E-state index in [-0.39, 0.29) is 0 Å². The van der Waals surface area contributed by atoms with Crippen molar-refractivity contribution in [3.63, 3.8) is 0 Å². The maximum absolute atomic E-state index is 5.87. The van der Waals surface area contributed by atoms with Crippen molar-refractivity contribution in [3.05, 3.63) is 23.8 Å². The van der Waals surface area contributed by atoms with E-state index in [4.69, 9.17) is 10.5 Å².